The average molecular weight is 785 g/mol. The molecule has 4 heterocycles. The van der Waals surface area contributed by atoms with Gasteiger partial charge < -0.3 is 90.4 Å². The second kappa shape index (κ2) is 12.4. The van der Waals surface area contributed by atoms with Gasteiger partial charge in [0, 0.05) is 27.8 Å². The quantitative estimate of drug-likeness (QED) is 0.0703. The predicted molar refractivity (Wildman–Crippen MR) is 173 cm³/mol. The zero-order chi connectivity index (χ0) is 41.0. The van der Waals surface area contributed by atoms with Crippen molar-refractivity contribution in [2.45, 2.75) is 30.5 Å². The first kappa shape index (κ1) is 36.6. The summed E-state index contributed by atoms with van der Waals surface area (Å²) in [4.78, 5) is 55.1. The van der Waals surface area contributed by atoms with Crippen LogP contribution in [0.3, 0.4) is 0 Å². The number of hydrogen-bond acceptors (Lipinski definition) is 22. The lowest BCUT2D eigenvalue weighted by atomic mass is 9.82. The highest BCUT2D eigenvalue weighted by atomic mass is 16.6. The van der Waals surface area contributed by atoms with Crippen LogP contribution in [0, 0.1) is 0 Å². The number of benzene rings is 4. The minimum atomic E-state index is -2.55. The summed E-state index contributed by atoms with van der Waals surface area (Å²) >= 11 is 0. The number of cyclic esters (lactones) is 2. The summed E-state index contributed by atoms with van der Waals surface area (Å²) in [5, 5.41) is 150. The molecule has 4 aliphatic rings. The van der Waals surface area contributed by atoms with Gasteiger partial charge >= 0.3 is 23.9 Å². The number of fused-ring (bicyclic) bond motifs is 6. The summed E-state index contributed by atoms with van der Waals surface area (Å²) in [5.74, 6) is -22.9. The van der Waals surface area contributed by atoms with E-state index in [1.54, 1.807) is 0 Å². The Morgan fingerprint density at radius 3 is 1.29 bits per heavy atom. The number of aliphatic hydroxyl groups is 2. The second-order valence-electron chi connectivity index (χ2n) is 12.5. The highest BCUT2D eigenvalue weighted by Crippen LogP contribution is 2.58. The van der Waals surface area contributed by atoms with E-state index in [1.165, 1.54) is 0 Å². The Bertz CT molecular complexity index is 2470. The van der Waals surface area contributed by atoms with E-state index in [-0.39, 0.29) is 0 Å². The van der Waals surface area contributed by atoms with E-state index >= 15 is 0 Å². The number of phenols is 12. The summed E-state index contributed by atoms with van der Waals surface area (Å²) in [6.07, 6.45) is -12.4. The lowest BCUT2D eigenvalue weighted by Crippen LogP contribution is -2.55. The lowest BCUT2D eigenvalue weighted by Gasteiger charge is -2.40. The summed E-state index contributed by atoms with van der Waals surface area (Å²) in [6, 6.07) is 1.33. The first-order valence-corrected chi connectivity index (χ1v) is 15.6. The molecule has 4 bridgehead atoms. The van der Waals surface area contributed by atoms with Crippen molar-refractivity contribution in [2.24, 2.45) is 0 Å². The first-order chi connectivity index (χ1) is 26.3. The molecule has 0 saturated carbocycles. The third kappa shape index (κ3) is 5.03. The molecule has 0 fully saturated rings. The third-order valence-electron chi connectivity index (χ3n) is 9.33. The smallest absolute Gasteiger partial charge is 0.339 e. The molecule has 22 nitrogen and oxygen atoms in total. The van der Waals surface area contributed by atoms with Crippen LogP contribution >= 0.6 is 0 Å². The lowest BCUT2D eigenvalue weighted by molar-refractivity contribution is -0.153. The molecule has 5 atom stereocenters. The van der Waals surface area contributed by atoms with Gasteiger partial charge in [-0.25, -0.2) is 19.2 Å². The van der Waals surface area contributed by atoms with Crippen LogP contribution in [0.15, 0.2) is 18.2 Å². The van der Waals surface area contributed by atoms with Gasteiger partial charge in [-0.05, 0) is 18.2 Å². The molecule has 0 amide bonds. The first-order valence-electron chi connectivity index (χ1n) is 15.6. The van der Waals surface area contributed by atoms with Crippen molar-refractivity contribution < 1.29 is 110 Å². The fourth-order valence-corrected chi connectivity index (χ4v) is 6.70. The largest absolute Gasteiger partial charge is 0.504 e. The number of aliphatic hydroxyl groups excluding tert-OH is 2. The van der Waals surface area contributed by atoms with Crippen LogP contribution < -0.4 is 0 Å². The molecule has 4 aromatic rings. The van der Waals surface area contributed by atoms with Crippen molar-refractivity contribution in [3.63, 3.8) is 0 Å². The summed E-state index contributed by atoms with van der Waals surface area (Å²) in [7, 11) is 0. The Balaban J connectivity index is 1.48. The maximum Gasteiger partial charge on any atom is 0.339 e. The van der Waals surface area contributed by atoms with Crippen molar-refractivity contribution >= 4 is 23.9 Å². The van der Waals surface area contributed by atoms with Crippen molar-refractivity contribution in [3.8, 4) is 91.2 Å². The summed E-state index contributed by atoms with van der Waals surface area (Å²) in [6.45, 7) is -1.31. The van der Waals surface area contributed by atoms with Gasteiger partial charge in [-0.1, -0.05) is 0 Å². The van der Waals surface area contributed by atoms with Crippen molar-refractivity contribution in [1.82, 2.24) is 0 Å². The molecule has 0 spiro atoms. The normalized spacial score (nSPS) is 21.6. The summed E-state index contributed by atoms with van der Waals surface area (Å²) < 4.78 is 21.3. The minimum absolute atomic E-state index is 0.403. The average Bonchev–Trinajstić information content (AvgIpc) is 3.16. The van der Waals surface area contributed by atoms with Gasteiger partial charge in [0.2, 0.25) is 23.0 Å². The van der Waals surface area contributed by atoms with Crippen molar-refractivity contribution in [1.29, 1.82) is 0 Å². The highest BCUT2D eigenvalue weighted by Gasteiger charge is 2.53. The Morgan fingerprint density at radius 1 is 0.411 bits per heavy atom. The number of esters is 4. The van der Waals surface area contributed by atoms with E-state index in [9.17, 15) is 90.7 Å². The van der Waals surface area contributed by atoms with Gasteiger partial charge in [-0.2, -0.15) is 0 Å². The molecular weight excluding hydrogens is 760 g/mol. The maximum absolute atomic E-state index is 14.1. The number of carbonyl (C=O) groups excluding carboxylic acids is 4. The number of aromatic hydroxyl groups is 12. The van der Waals surface area contributed by atoms with Crippen LogP contribution in [-0.2, 0) is 18.9 Å². The molecule has 56 heavy (non-hydrogen) atoms. The fraction of sp³-hybridized carbons (Fsp3) is 0.176. The predicted octanol–water partition coefficient (Wildman–Crippen LogP) is 0.356. The van der Waals surface area contributed by atoms with E-state index in [0.717, 1.165) is 0 Å². The van der Waals surface area contributed by atoms with E-state index in [4.69, 9.17) is 18.9 Å². The van der Waals surface area contributed by atoms with E-state index in [0.29, 0.717) is 18.2 Å². The van der Waals surface area contributed by atoms with Gasteiger partial charge in [-0.15, -0.1) is 0 Å². The molecular formula is C34H24O22. The van der Waals surface area contributed by atoms with Gasteiger partial charge in [0.05, 0.1) is 22.3 Å². The minimum Gasteiger partial charge on any atom is -0.504 e. The second-order valence-corrected chi connectivity index (χ2v) is 12.5. The van der Waals surface area contributed by atoms with E-state index in [1.807, 2.05) is 0 Å². The maximum atomic E-state index is 14.1. The van der Waals surface area contributed by atoms with Crippen LogP contribution in [0.25, 0.3) is 22.3 Å². The van der Waals surface area contributed by atoms with Crippen LogP contribution in [0.2, 0.25) is 0 Å². The topological polar surface area (TPSA) is 388 Å². The molecule has 14 N–H and O–H groups in total. The zero-order valence-corrected chi connectivity index (χ0v) is 27.4. The van der Waals surface area contributed by atoms with Gasteiger partial charge in [0.15, 0.2) is 64.3 Å². The molecule has 0 unspecified atom stereocenters. The Kier molecular flexibility index (Phi) is 8.13. The molecule has 292 valence electrons. The molecule has 0 aromatic heterocycles. The number of phenolic OH excluding ortho intramolecular Hbond substituents is 12. The molecule has 4 aromatic carbocycles. The van der Waals surface area contributed by atoms with Gasteiger partial charge in [0.1, 0.15) is 18.8 Å². The Labute approximate surface area is 307 Å². The SMILES string of the molecule is O=C1OC[C@@H](O)[C@H]([C@H]2OC(=O)c3cc(O)c(O)c(O)c3-c3c(O)c(O)c(O)c4c3C(=O)O[C@@H]2[C@@H]4O)OC(=O)c2cc(O)c(O)c(O)c2-c2c1cc(O)c(O)c2O. The Hall–Kier alpha value is -7.72. The van der Waals surface area contributed by atoms with Crippen LogP contribution in [0.5, 0.6) is 69.0 Å². The third-order valence-corrected chi connectivity index (χ3v) is 9.33. The monoisotopic (exact) mass is 784 g/mol. The van der Waals surface area contributed by atoms with E-state index in [2.05, 4.69) is 0 Å². The molecule has 0 saturated heterocycles. The Morgan fingerprint density at radius 2 is 0.804 bits per heavy atom. The van der Waals surface area contributed by atoms with Crippen molar-refractivity contribution in [2.75, 3.05) is 6.61 Å². The van der Waals surface area contributed by atoms with Crippen LogP contribution in [0.1, 0.15) is 53.1 Å². The van der Waals surface area contributed by atoms with Crippen molar-refractivity contribution in [3.05, 3.63) is 46.0 Å². The summed E-state index contributed by atoms with van der Waals surface area (Å²) in [5.41, 5.74) is -9.23. The molecule has 4 aliphatic heterocycles. The number of hydrogen-bond donors (Lipinski definition) is 14. The number of carbonyl (C=O) groups is 4. The van der Waals surface area contributed by atoms with Gasteiger partial charge in [0.25, 0.3) is 0 Å². The fourth-order valence-electron chi connectivity index (χ4n) is 6.70. The number of ether oxygens (including phenoxy) is 4. The van der Waals surface area contributed by atoms with Gasteiger partial charge in [-0.3, -0.25) is 0 Å². The van der Waals surface area contributed by atoms with Crippen LogP contribution in [0.4, 0.5) is 0 Å². The highest BCUT2D eigenvalue weighted by molar-refractivity contribution is 6.11. The molecule has 0 aliphatic carbocycles. The standard InChI is InChI=1S/C34H24O22/c35-8-1-5-12(21(42)18(8)39)13-6(2-9(36)19(40)22(13)43)32(50)54-28(11(38)4-53-31(5)49)30-29-26(47)17-16(34(52)55-29)15(24(45)27(48)25(17)46)14-7(33(51)56-30)3-10(37)20(41)23(14)44/h1-3,11,26,28-30,35-48H,4H2/t11-,26-,28-,29-,30-/m1/s1. The number of rotatable bonds is 1. The molecule has 0 radical (unpaired) electrons. The van der Waals surface area contributed by atoms with E-state index < -0.39 is 180 Å². The molecule has 22 heteroatoms. The zero-order valence-electron chi connectivity index (χ0n) is 27.4. The van der Waals surface area contributed by atoms with Crippen LogP contribution in [-0.4, -0.2) is 126 Å². The molecule has 8 rings (SSSR count).